The van der Waals surface area contributed by atoms with Crippen molar-refractivity contribution in [2.45, 2.75) is 51.7 Å². The average molecular weight is 396 g/mol. The number of benzene rings is 1. The fourth-order valence-electron chi connectivity index (χ4n) is 3.23. The third-order valence-corrected chi connectivity index (χ3v) is 4.61. The number of halogens is 1. The Kier molecular flexibility index (Phi) is 8.72. The van der Waals surface area contributed by atoms with Crippen LogP contribution in [0.2, 0.25) is 0 Å². The molecule has 6 N–H and O–H groups in total. The second kappa shape index (κ2) is 10.3. The summed E-state index contributed by atoms with van der Waals surface area (Å²) < 4.78 is 0. The second-order valence-corrected chi connectivity index (χ2v) is 7.25. The summed E-state index contributed by atoms with van der Waals surface area (Å²) in [5.74, 6) is 0.0608. The SMILES string of the molecule is CC(C)C[C@@H](N)C(=O)N1CCC[C@H]1C(=O)NCc1ccc(C(=N)N)cc1.Cl. The van der Waals surface area contributed by atoms with Crippen LogP contribution in [0.1, 0.15) is 44.2 Å². The number of nitrogens with one attached hydrogen (secondary N) is 2. The van der Waals surface area contributed by atoms with Gasteiger partial charge in [-0.25, -0.2) is 0 Å². The molecule has 1 fully saturated rings. The van der Waals surface area contributed by atoms with E-state index < -0.39 is 12.1 Å². The molecule has 1 saturated heterocycles. The van der Waals surface area contributed by atoms with Crippen LogP contribution < -0.4 is 16.8 Å². The normalized spacial score (nSPS) is 17.3. The van der Waals surface area contributed by atoms with Gasteiger partial charge in [0.05, 0.1) is 6.04 Å². The highest BCUT2D eigenvalue weighted by Crippen LogP contribution is 2.20. The van der Waals surface area contributed by atoms with Gasteiger partial charge in [-0.15, -0.1) is 12.4 Å². The van der Waals surface area contributed by atoms with E-state index in [1.165, 1.54) is 0 Å². The van der Waals surface area contributed by atoms with E-state index in [0.29, 0.717) is 37.4 Å². The summed E-state index contributed by atoms with van der Waals surface area (Å²) in [6.45, 7) is 5.00. The Morgan fingerprint density at radius 2 is 1.93 bits per heavy atom. The fraction of sp³-hybridized carbons (Fsp3) is 0.526. The second-order valence-electron chi connectivity index (χ2n) is 7.25. The van der Waals surface area contributed by atoms with Crippen molar-refractivity contribution in [2.24, 2.45) is 17.4 Å². The summed E-state index contributed by atoms with van der Waals surface area (Å²) in [4.78, 5) is 26.7. The Hall–Kier alpha value is -2.12. The Labute approximate surface area is 166 Å². The Morgan fingerprint density at radius 3 is 2.48 bits per heavy atom. The highest BCUT2D eigenvalue weighted by Gasteiger charge is 2.36. The third kappa shape index (κ3) is 6.22. The van der Waals surface area contributed by atoms with Gasteiger partial charge in [0.15, 0.2) is 0 Å². The summed E-state index contributed by atoms with van der Waals surface area (Å²) in [6, 6.07) is 6.15. The first-order valence-electron chi connectivity index (χ1n) is 9.06. The van der Waals surface area contributed by atoms with Crippen molar-refractivity contribution in [1.29, 1.82) is 5.41 Å². The number of nitrogen functional groups attached to an aromatic ring is 1. The molecule has 2 rings (SSSR count). The van der Waals surface area contributed by atoms with E-state index in [1.807, 2.05) is 26.0 Å². The summed E-state index contributed by atoms with van der Waals surface area (Å²) in [7, 11) is 0. The van der Waals surface area contributed by atoms with Gasteiger partial charge in [-0.1, -0.05) is 38.1 Å². The topological polar surface area (TPSA) is 125 Å². The van der Waals surface area contributed by atoms with Gasteiger partial charge in [-0.2, -0.15) is 0 Å². The lowest BCUT2D eigenvalue weighted by molar-refractivity contribution is -0.139. The Morgan fingerprint density at radius 1 is 1.30 bits per heavy atom. The molecule has 1 aromatic rings. The molecule has 0 aromatic heterocycles. The number of nitrogens with zero attached hydrogens (tertiary/aromatic N) is 1. The number of amides is 2. The van der Waals surface area contributed by atoms with Crippen LogP contribution in [0, 0.1) is 11.3 Å². The van der Waals surface area contributed by atoms with Crippen LogP contribution in [0.4, 0.5) is 0 Å². The molecule has 0 bridgehead atoms. The summed E-state index contributed by atoms with van der Waals surface area (Å²) >= 11 is 0. The van der Waals surface area contributed by atoms with E-state index in [0.717, 1.165) is 12.0 Å². The average Bonchev–Trinajstić information content (AvgIpc) is 3.08. The number of hydrogen-bond donors (Lipinski definition) is 4. The monoisotopic (exact) mass is 395 g/mol. The number of hydrogen-bond acceptors (Lipinski definition) is 4. The van der Waals surface area contributed by atoms with Crippen molar-refractivity contribution in [2.75, 3.05) is 6.54 Å². The molecule has 0 saturated carbocycles. The molecule has 2 atom stereocenters. The van der Waals surface area contributed by atoms with Crippen LogP contribution in [-0.4, -0.2) is 41.2 Å². The molecular formula is C19H30ClN5O2. The van der Waals surface area contributed by atoms with Crippen molar-refractivity contribution in [3.8, 4) is 0 Å². The molecule has 1 aliphatic heterocycles. The fourth-order valence-corrected chi connectivity index (χ4v) is 3.23. The number of carbonyl (C=O) groups excluding carboxylic acids is 2. The van der Waals surface area contributed by atoms with Gasteiger partial charge < -0.3 is 21.7 Å². The van der Waals surface area contributed by atoms with Crippen molar-refractivity contribution in [1.82, 2.24) is 10.2 Å². The molecule has 1 aliphatic rings. The van der Waals surface area contributed by atoms with Crippen molar-refractivity contribution in [3.05, 3.63) is 35.4 Å². The van der Waals surface area contributed by atoms with Gasteiger partial charge in [-0.05, 0) is 30.7 Å². The van der Waals surface area contributed by atoms with E-state index >= 15 is 0 Å². The maximum absolute atomic E-state index is 12.6. The number of carbonyl (C=O) groups is 2. The van der Waals surface area contributed by atoms with Gasteiger partial charge in [0.25, 0.3) is 0 Å². The number of amidine groups is 1. The van der Waals surface area contributed by atoms with Gasteiger partial charge in [0.2, 0.25) is 11.8 Å². The molecule has 8 heteroatoms. The minimum absolute atomic E-state index is 0. The molecule has 0 spiro atoms. The van der Waals surface area contributed by atoms with Crippen molar-refractivity contribution >= 4 is 30.1 Å². The first-order chi connectivity index (χ1) is 12.3. The minimum atomic E-state index is -0.553. The quantitative estimate of drug-likeness (QED) is 0.411. The lowest BCUT2D eigenvalue weighted by atomic mass is 10.0. The van der Waals surface area contributed by atoms with E-state index in [9.17, 15) is 9.59 Å². The zero-order valence-electron chi connectivity index (χ0n) is 15.9. The van der Waals surface area contributed by atoms with E-state index in [2.05, 4.69) is 5.32 Å². The highest BCUT2D eigenvalue weighted by molar-refractivity contribution is 5.95. The van der Waals surface area contributed by atoms with Gasteiger partial charge in [0.1, 0.15) is 11.9 Å². The molecule has 0 aliphatic carbocycles. The lowest BCUT2D eigenvalue weighted by Gasteiger charge is -2.27. The molecule has 0 radical (unpaired) electrons. The molecule has 150 valence electrons. The van der Waals surface area contributed by atoms with Crippen LogP contribution in [0.25, 0.3) is 0 Å². The van der Waals surface area contributed by atoms with E-state index in [1.54, 1.807) is 17.0 Å². The van der Waals surface area contributed by atoms with Crippen molar-refractivity contribution in [3.63, 3.8) is 0 Å². The van der Waals surface area contributed by atoms with Crippen LogP contribution in [-0.2, 0) is 16.1 Å². The predicted octanol–water partition coefficient (Wildman–Crippen LogP) is 1.37. The van der Waals surface area contributed by atoms with Crippen LogP contribution >= 0.6 is 12.4 Å². The van der Waals surface area contributed by atoms with E-state index in [4.69, 9.17) is 16.9 Å². The van der Waals surface area contributed by atoms with Crippen LogP contribution in [0.5, 0.6) is 0 Å². The molecule has 1 heterocycles. The van der Waals surface area contributed by atoms with Crippen molar-refractivity contribution < 1.29 is 9.59 Å². The summed E-state index contributed by atoms with van der Waals surface area (Å²) in [5, 5.41) is 10.3. The number of nitrogens with two attached hydrogens (primary N) is 2. The third-order valence-electron chi connectivity index (χ3n) is 4.61. The minimum Gasteiger partial charge on any atom is -0.384 e. The first-order valence-corrected chi connectivity index (χ1v) is 9.06. The first kappa shape index (κ1) is 22.9. The largest absolute Gasteiger partial charge is 0.384 e. The smallest absolute Gasteiger partial charge is 0.243 e. The summed E-state index contributed by atoms with van der Waals surface area (Å²) in [5.41, 5.74) is 13.0. The zero-order chi connectivity index (χ0) is 19.3. The summed E-state index contributed by atoms with van der Waals surface area (Å²) in [6.07, 6.45) is 2.09. The number of likely N-dealkylation sites (tertiary alicyclic amines) is 1. The number of rotatable bonds is 7. The molecule has 0 unspecified atom stereocenters. The van der Waals surface area contributed by atoms with Gasteiger partial charge >= 0.3 is 0 Å². The lowest BCUT2D eigenvalue weighted by Crippen LogP contribution is -2.51. The standard InChI is InChI=1S/C19H29N5O2.ClH/c1-12(2)10-15(20)19(26)24-9-3-4-16(24)18(25)23-11-13-5-7-14(8-6-13)17(21)22;/h5-8,12,15-16H,3-4,9-11,20H2,1-2H3,(H3,21,22)(H,23,25);1H/t15-,16+;/m1./s1. The predicted molar refractivity (Wildman–Crippen MR) is 109 cm³/mol. The Bertz CT molecular complexity index is 663. The molecule has 2 amide bonds. The maximum atomic E-state index is 12.6. The molecule has 7 nitrogen and oxygen atoms in total. The van der Waals surface area contributed by atoms with Crippen LogP contribution in [0.3, 0.4) is 0 Å². The van der Waals surface area contributed by atoms with Gasteiger partial charge in [0, 0.05) is 18.7 Å². The van der Waals surface area contributed by atoms with Gasteiger partial charge in [-0.3, -0.25) is 15.0 Å². The maximum Gasteiger partial charge on any atom is 0.243 e. The van der Waals surface area contributed by atoms with E-state index in [-0.39, 0.29) is 30.1 Å². The van der Waals surface area contributed by atoms with Crippen LogP contribution in [0.15, 0.2) is 24.3 Å². The highest BCUT2D eigenvalue weighted by atomic mass is 35.5. The molecule has 1 aromatic carbocycles. The Balaban J connectivity index is 0.00000364. The zero-order valence-corrected chi connectivity index (χ0v) is 16.7. The molecule has 27 heavy (non-hydrogen) atoms. The molecular weight excluding hydrogens is 366 g/mol.